The fourth-order valence-corrected chi connectivity index (χ4v) is 1.59. The molecule has 0 saturated carbocycles. The molecule has 1 aliphatic heterocycles. The Morgan fingerprint density at radius 2 is 2.42 bits per heavy atom. The second kappa shape index (κ2) is 3.97. The predicted molar refractivity (Wildman–Crippen MR) is 43.0 cm³/mol. The third-order valence-corrected chi connectivity index (χ3v) is 2.30. The minimum Gasteiger partial charge on any atom is -0.772 e. The van der Waals surface area contributed by atoms with E-state index < -0.39 is 16.8 Å². The molecular weight excluding hydrogens is 180 g/mol. The monoisotopic (exact) mass is 191 g/mol. The third-order valence-electron chi connectivity index (χ3n) is 1.82. The highest BCUT2D eigenvalue weighted by Gasteiger charge is 2.22. The van der Waals surface area contributed by atoms with Crippen molar-refractivity contribution in [2.24, 2.45) is 5.73 Å². The number of amides is 1. The van der Waals surface area contributed by atoms with Gasteiger partial charge in [0.25, 0.3) is 0 Å². The number of carbonyl (C=O) groups excluding carboxylic acids is 1. The Kier molecular flexibility index (Phi) is 3.19. The quantitative estimate of drug-likeness (QED) is 0.534. The van der Waals surface area contributed by atoms with E-state index in [-0.39, 0.29) is 11.9 Å². The van der Waals surface area contributed by atoms with Gasteiger partial charge in [-0.3, -0.25) is 9.00 Å². The first-order valence-electron chi connectivity index (χ1n) is 3.69. The van der Waals surface area contributed by atoms with E-state index in [0.717, 1.165) is 6.42 Å². The number of carbonyl (C=O) groups is 1. The summed E-state index contributed by atoms with van der Waals surface area (Å²) < 4.78 is 20.3. The SMILES string of the molecule is NC1CCN(C(=O)CS(=O)[O-])C1. The highest BCUT2D eigenvalue weighted by Crippen LogP contribution is 2.06. The van der Waals surface area contributed by atoms with Crippen molar-refractivity contribution in [3.8, 4) is 0 Å². The van der Waals surface area contributed by atoms with Gasteiger partial charge in [0.15, 0.2) is 0 Å². The summed E-state index contributed by atoms with van der Waals surface area (Å²) in [5.74, 6) is -0.775. The van der Waals surface area contributed by atoms with Crippen LogP contribution in [0.1, 0.15) is 6.42 Å². The molecule has 0 spiro atoms. The van der Waals surface area contributed by atoms with Gasteiger partial charge in [-0.2, -0.15) is 0 Å². The standard InChI is InChI=1S/C6H12N2O3S/c7-5-1-2-8(3-5)6(9)4-12(10)11/h5H,1-4,7H2,(H,10,11)/p-1. The number of nitrogens with two attached hydrogens (primary N) is 1. The number of likely N-dealkylation sites (tertiary alicyclic amines) is 1. The summed E-state index contributed by atoms with van der Waals surface area (Å²) in [6, 6.07) is 0.00837. The first-order valence-corrected chi connectivity index (χ1v) is 4.93. The first-order chi connectivity index (χ1) is 5.59. The number of hydrogen-bond donors (Lipinski definition) is 1. The van der Waals surface area contributed by atoms with Crippen molar-refractivity contribution in [2.45, 2.75) is 12.5 Å². The van der Waals surface area contributed by atoms with Crippen LogP contribution in [-0.2, 0) is 15.9 Å². The lowest BCUT2D eigenvalue weighted by Crippen LogP contribution is -2.34. The molecule has 0 bridgehead atoms. The number of rotatable bonds is 2. The van der Waals surface area contributed by atoms with E-state index in [1.807, 2.05) is 0 Å². The molecular formula is C6H11N2O3S-. The van der Waals surface area contributed by atoms with Crippen LogP contribution in [0.5, 0.6) is 0 Å². The van der Waals surface area contributed by atoms with Crippen LogP contribution in [-0.4, -0.2) is 44.5 Å². The maximum Gasteiger partial charge on any atom is 0.234 e. The zero-order chi connectivity index (χ0) is 9.14. The van der Waals surface area contributed by atoms with Gasteiger partial charge < -0.3 is 15.2 Å². The van der Waals surface area contributed by atoms with Crippen LogP contribution in [0.4, 0.5) is 0 Å². The second-order valence-electron chi connectivity index (χ2n) is 2.84. The maximum atomic E-state index is 11.1. The topological polar surface area (TPSA) is 86.5 Å². The second-order valence-corrected chi connectivity index (χ2v) is 3.73. The molecule has 5 nitrogen and oxygen atoms in total. The van der Waals surface area contributed by atoms with Crippen molar-refractivity contribution in [1.82, 2.24) is 4.90 Å². The molecule has 1 heterocycles. The van der Waals surface area contributed by atoms with Gasteiger partial charge in [-0.1, -0.05) is 0 Å². The molecule has 2 atom stereocenters. The van der Waals surface area contributed by atoms with Crippen LogP contribution in [0.25, 0.3) is 0 Å². The molecule has 2 unspecified atom stereocenters. The molecule has 1 fully saturated rings. The molecule has 70 valence electrons. The van der Waals surface area contributed by atoms with Crippen LogP contribution in [0.2, 0.25) is 0 Å². The molecule has 12 heavy (non-hydrogen) atoms. The summed E-state index contributed by atoms with van der Waals surface area (Å²) in [5.41, 5.74) is 5.55. The molecule has 1 rings (SSSR count). The normalized spacial score (nSPS) is 25.8. The molecule has 1 saturated heterocycles. The summed E-state index contributed by atoms with van der Waals surface area (Å²) in [5, 5.41) is 0. The first kappa shape index (κ1) is 9.63. The van der Waals surface area contributed by atoms with Gasteiger partial charge in [-0.05, 0) is 17.5 Å². The Balaban J connectivity index is 2.38. The van der Waals surface area contributed by atoms with Gasteiger partial charge >= 0.3 is 0 Å². The highest BCUT2D eigenvalue weighted by molar-refractivity contribution is 7.79. The van der Waals surface area contributed by atoms with E-state index in [1.165, 1.54) is 4.90 Å². The lowest BCUT2D eigenvalue weighted by Gasteiger charge is -2.16. The zero-order valence-corrected chi connectivity index (χ0v) is 7.38. The average molecular weight is 191 g/mol. The summed E-state index contributed by atoms with van der Waals surface area (Å²) in [7, 11) is 0. The average Bonchev–Trinajstić information content (AvgIpc) is 2.34. The summed E-state index contributed by atoms with van der Waals surface area (Å²) in [6.07, 6.45) is 0.761. The Bertz CT molecular complexity index is 209. The van der Waals surface area contributed by atoms with Gasteiger partial charge in [0.1, 0.15) is 0 Å². The van der Waals surface area contributed by atoms with Crippen molar-refractivity contribution in [3.05, 3.63) is 0 Å². The van der Waals surface area contributed by atoms with E-state index in [1.54, 1.807) is 0 Å². The molecule has 1 aliphatic rings. The van der Waals surface area contributed by atoms with Gasteiger partial charge in [0.2, 0.25) is 5.91 Å². The van der Waals surface area contributed by atoms with Crippen LogP contribution >= 0.6 is 0 Å². The largest absolute Gasteiger partial charge is 0.772 e. The third kappa shape index (κ3) is 2.54. The van der Waals surface area contributed by atoms with Crippen molar-refractivity contribution < 1.29 is 13.6 Å². The van der Waals surface area contributed by atoms with Crippen molar-refractivity contribution >= 4 is 17.0 Å². The molecule has 2 N–H and O–H groups in total. The zero-order valence-electron chi connectivity index (χ0n) is 6.56. The number of nitrogens with zero attached hydrogens (tertiary/aromatic N) is 1. The van der Waals surface area contributed by atoms with Gasteiger partial charge in [0, 0.05) is 19.1 Å². The molecule has 6 heteroatoms. The van der Waals surface area contributed by atoms with Gasteiger partial charge in [-0.15, -0.1) is 0 Å². The molecule has 0 aromatic heterocycles. The van der Waals surface area contributed by atoms with Crippen LogP contribution < -0.4 is 5.73 Å². The highest BCUT2D eigenvalue weighted by atomic mass is 32.2. The fourth-order valence-electron chi connectivity index (χ4n) is 1.21. The van der Waals surface area contributed by atoms with E-state index in [2.05, 4.69) is 0 Å². The predicted octanol–water partition coefficient (Wildman–Crippen LogP) is -1.57. The molecule has 0 aromatic carbocycles. The van der Waals surface area contributed by atoms with Gasteiger partial charge in [0.05, 0.1) is 5.75 Å². The van der Waals surface area contributed by atoms with E-state index in [9.17, 15) is 13.6 Å². The van der Waals surface area contributed by atoms with Crippen LogP contribution in [0, 0.1) is 0 Å². The lowest BCUT2D eigenvalue weighted by atomic mass is 10.3. The van der Waals surface area contributed by atoms with Crippen LogP contribution in [0.15, 0.2) is 0 Å². The van der Waals surface area contributed by atoms with Gasteiger partial charge in [-0.25, -0.2) is 0 Å². The Hall–Kier alpha value is -0.460. The van der Waals surface area contributed by atoms with Crippen molar-refractivity contribution in [2.75, 3.05) is 18.8 Å². The summed E-state index contributed by atoms with van der Waals surface area (Å²) in [6.45, 7) is 1.06. The molecule has 0 radical (unpaired) electrons. The van der Waals surface area contributed by atoms with E-state index in [0.29, 0.717) is 13.1 Å². The van der Waals surface area contributed by atoms with E-state index in [4.69, 9.17) is 5.73 Å². The Morgan fingerprint density at radius 1 is 1.75 bits per heavy atom. The Labute approximate surface area is 73.2 Å². The smallest absolute Gasteiger partial charge is 0.234 e. The minimum absolute atomic E-state index is 0.00837. The van der Waals surface area contributed by atoms with Crippen molar-refractivity contribution in [1.29, 1.82) is 0 Å². The summed E-state index contributed by atoms with van der Waals surface area (Å²) >= 11 is -2.28. The molecule has 1 amide bonds. The van der Waals surface area contributed by atoms with E-state index >= 15 is 0 Å². The molecule has 0 aromatic rings. The fraction of sp³-hybridized carbons (Fsp3) is 0.833. The Morgan fingerprint density at radius 3 is 2.83 bits per heavy atom. The number of hydrogen-bond acceptors (Lipinski definition) is 4. The van der Waals surface area contributed by atoms with Crippen molar-refractivity contribution in [3.63, 3.8) is 0 Å². The maximum absolute atomic E-state index is 11.1. The summed E-state index contributed by atoms with van der Waals surface area (Å²) in [4.78, 5) is 12.6. The van der Waals surface area contributed by atoms with Crippen LogP contribution in [0.3, 0.4) is 0 Å². The minimum atomic E-state index is -2.28. The molecule has 0 aliphatic carbocycles. The lowest BCUT2D eigenvalue weighted by molar-refractivity contribution is -0.127.